The van der Waals surface area contributed by atoms with Crippen LogP contribution in [-0.4, -0.2) is 16.1 Å². The van der Waals surface area contributed by atoms with Crippen LogP contribution in [-0.2, 0) is 0 Å². The van der Waals surface area contributed by atoms with Crippen molar-refractivity contribution in [3.8, 4) is 5.69 Å². The Bertz CT molecular complexity index is 838. The van der Waals surface area contributed by atoms with E-state index in [0.29, 0.717) is 17.9 Å². The largest absolute Gasteiger partial charge is 0.356 e. The standard InChI is InChI=1S/C17H17N3O/c1-3-18-17-19-14-11-7-8-12(2)15(14)16(21)20(17)13-9-5-4-6-10-13/h4-11H,3H2,1-2H3,(H,18,19). The van der Waals surface area contributed by atoms with Gasteiger partial charge in [-0.25, -0.2) is 9.55 Å². The molecular weight excluding hydrogens is 262 g/mol. The summed E-state index contributed by atoms with van der Waals surface area (Å²) < 4.78 is 1.64. The van der Waals surface area contributed by atoms with Crippen molar-refractivity contribution in [2.75, 3.05) is 11.9 Å². The Morgan fingerprint density at radius 3 is 2.57 bits per heavy atom. The summed E-state index contributed by atoms with van der Waals surface area (Å²) in [7, 11) is 0. The van der Waals surface area contributed by atoms with Gasteiger partial charge in [-0.2, -0.15) is 0 Å². The fourth-order valence-electron chi connectivity index (χ4n) is 2.49. The topological polar surface area (TPSA) is 46.9 Å². The average Bonchev–Trinajstić information content (AvgIpc) is 2.48. The quantitative estimate of drug-likeness (QED) is 0.801. The van der Waals surface area contributed by atoms with Crippen LogP contribution in [0.5, 0.6) is 0 Å². The predicted octanol–water partition coefficient (Wildman–Crippen LogP) is 3.13. The van der Waals surface area contributed by atoms with Gasteiger partial charge in [0.25, 0.3) is 5.56 Å². The van der Waals surface area contributed by atoms with E-state index in [4.69, 9.17) is 0 Å². The molecule has 4 heteroatoms. The summed E-state index contributed by atoms with van der Waals surface area (Å²) >= 11 is 0. The first-order valence-corrected chi connectivity index (χ1v) is 7.04. The highest BCUT2D eigenvalue weighted by Crippen LogP contribution is 2.18. The SMILES string of the molecule is CCNc1nc2cccc(C)c2c(=O)n1-c1ccccc1. The normalized spacial score (nSPS) is 10.8. The Kier molecular flexibility index (Phi) is 3.44. The number of hydrogen-bond acceptors (Lipinski definition) is 3. The van der Waals surface area contributed by atoms with Gasteiger partial charge in [0.1, 0.15) is 0 Å². The lowest BCUT2D eigenvalue weighted by atomic mass is 10.1. The third-order valence-corrected chi connectivity index (χ3v) is 3.46. The minimum atomic E-state index is -0.0414. The van der Waals surface area contributed by atoms with Crippen LogP contribution in [0.15, 0.2) is 53.3 Å². The number of nitrogens with one attached hydrogen (secondary N) is 1. The lowest BCUT2D eigenvalue weighted by Crippen LogP contribution is -2.24. The molecule has 0 amide bonds. The van der Waals surface area contributed by atoms with Crippen molar-refractivity contribution in [1.29, 1.82) is 0 Å². The maximum atomic E-state index is 12.9. The third-order valence-electron chi connectivity index (χ3n) is 3.46. The Morgan fingerprint density at radius 2 is 1.86 bits per heavy atom. The molecule has 1 N–H and O–H groups in total. The molecule has 0 aliphatic carbocycles. The van der Waals surface area contributed by atoms with Gasteiger partial charge < -0.3 is 5.32 Å². The number of para-hydroxylation sites is 1. The van der Waals surface area contributed by atoms with Gasteiger partial charge in [-0.3, -0.25) is 4.79 Å². The monoisotopic (exact) mass is 279 g/mol. The Hall–Kier alpha value is -2.62. The van der Waals surface area contributed by atoms with E-state index >= 15 is 0 Å². The zero-order chi connectivity index (χ0) is 14.8. The van der Waals surface area contributed by atoms with Gasteiger partial charge in [0.15, 0.2) is 0 Å². The molecule has 21 heavy (non-hydrogen) atoms. The van der Waals surface area contributed by atoms with Crippen molar-refractivity contribution in [2.45, 2.75) is 13.8 Å². The highest BCUT2D eigenvalue weighted by Gasteiger charge is 2.13. The van der Waals surface area contributed by atoms with Gasteiger partial charge in [-0.15, -0.1) is 0 Å². The van der Waals surface area contributed by atoms with Gasteiger partial charge in [0.2, 0.25) is 5.95 Å². The zero-order valence-corrected chi connectivity index (χ0v) is 12.1. The van der Waals surface area contributed by atoms with Crippen molar-refractivity contribution in [3.63, 3.8) is 0 Å². The lowest BCUT2D eigenvalue weighted by Gasteiger charge is -2.14. The van der Waals surface area contributed by atoms with Crippen LogP contribution in [0, 0.1) is 6.92 Å². The molecule has 1 heterocycles. The average molecular weight is 279 g/mol. The molecule has 0 aliphatic rings. The van der Waals surface area contributed by atoms with Crippen LogP contribution in [0.25, 0.3) is 16.6 Å². The summed E-state index contributed by atoms with van der Waals surface area (Å²) in [6.45, 7) is 4.63. The van der Waals surface area contributed by atoms with Gasteiger partial charge in [0.05, 0.1) is 16.6 Å². The number of benzene rings is 2. The van der Waals surface area contributed by atoms with Gasteiger partial charge in [-0.1, -0.05) is 30.3 Å². The maximum Gasteiger partial charge on any atom is 0.267 e. The molecular formula is C17H17N3O. The minimum Gasteiger partial charge on any atom is -0.356 e. The number of fused-ring (bicyclic) bond motifs is 1. The molecule has 2 aromatic carbocycles. The number of aryl methyl sites for hydroxylation is 1. The van der Waals surface area contributed by atoms with Crippen LogP contribution in [0.1, 0.15) is 12.5 Å². The van der Waals surface area contributed by atoms with E-state index < -0.39 is 0 Å². The summed E-state index contributed by atoms with van der Waals surface area (Å²) in [6, 6.07) is 15.3. The second kappa shape index (κ2) is 5.40. The molecule has 0 bridgehead atoms. The summed E-state index contributed by atoms with van der Waals surface area (Å²) in [5.74, 6) is 0.576. The van der Waals surface area contributed by atoms with E-state index in [0.717, 1.165) is 16.8 Å². The van der Waals surface area contributed by atoms with Crippen LogP contribution in [0.4, 0.5) is 5.95 Å². The number of aromatic nitrogens is 2. The van der Waals surface area contributed by atoms with Crippen molar-refractivity contribution >= 4 is 16.9 Å². The fraction of sp³-hybridized carbons (Fsp3) is 0.176. The second-order valence-corrected chi connectivity index (χ2v) is 4.91. The molecule has 3 aromatic rings. The van der Waals surface area contributed by atoms with E-state index in [1.807, 2.05) is 62.4 Å². The van der Waals surface area contributed by atoms with Crippen LogP contribution in [0.2, 0.25) is 0 Å². The van der Waals surface area contributed by atoms with Gasteiger partial charge in [0, 0.05) is 6.54 Å². The molecule has 0 atom stereocenters. The highest BCUT2D eigenvalue weighted by molar-refractivity contribution is 5.82. The number of hydrogen-bond donors (Lipinski definition) is 1. The van der Waals surface area contributed by atoms with Crippen LogP contribution in [0.3, 0.4) is 0 Å². The van der Waals surface area contributed by atoms with Gasteiger partial charge in [-0.05, 0) is 37.6 Å². The van der Waals surface area contributed by atoms with E-state index in [1.54, 1.807) is 4.57 Å². The van der Waals surface area contributed by atoms with E-state index in [9.17, 15) is 4.79 Å². The predicted molar refractivity (Wildman–Crippen MR) is 86.2 cm³/mol. The Balaban J connectivity index is 2.41. The number of anilines is 1. The Labute approximate surface area is 123 Å². The smallest absolute Gasteiger partial charge is 0.267 e. The molecule has 0 saturated carbocycles. The maximum absolute atomic E-state index is 12.9. The second-order valence-electron chi connectivity index (χ2n) is 4.91. The van der Waals surface area contributed by atoms with Crippen LogP contribution >= 0.6 is 0 Å². The van der Waals surface area contributed by atoms with Crippen molar-refractivity contribution in [2.24, 2.45) is 0 Å². The first-order valence-electron chi connectivity index (χ1n) is 7.04. The highest BCUT2D eigenvalue weighted by atomic mass is 16.1. The lowest BCUT2D eigenvalue weighted by molar-refractivity contribution is 0.947. The van der Waals surface area contributed by atoms with Crippen LogP contribution < -0.4 is 10.9 Å². The fourth-order valence-corrected chi connectivity index (χ4v) is 2.49. The van der Waals surface area contributed by atoms with Gasteiger partial charge >= 0.3 is 0 Å². The number of rotatable bonds is 3. The number of nitrogens with zero attached hydrogens (tertiary/aromatic N) is 2. The summed E-state index contributed by atoms with van der Waals surface area (Å²) in [6.07, 6.45) is 0. The molecule has 0 saturated heterocycles. The van der Waals surface area contributed by atoms with E-state index in [1.165, 1.54) is 0 Å². The molecule has 0 aliphatic heterocycles. The zero-order valence-electron chi connectivity index (χ0n) is 12.1. The summed E-state index contributed by atoms with van der Waals surface area (Å²) in [5.41, 5.74) is 2.44. The molecule has 4 nitrogen and oxygen atoms in total. The molecule has 0 unspecified atom stereocenters. The molecule has 1 aromatic heterocycles. The van der Waals surface area contributed by atoms with Crippen molar-refractivity contribution in [3.05, 3.63) is 64.4 Å². The first-order chi connectivity index (χ1) is 10.2. The third kappa shape index (κ3) is 2.29. The molecule has 0 spiro atoms. The summed E-state index contributed by atoms with van der Waals surface area (Å²) in [5, 5.41) is 3.85. The molecule has 0 fully saturated rings. The minimum absolute atomic E-state index is 0.0414. The van der Waals surface area contributed by atoms with Crippen molar-refractivity contribution in [1.82, 2.24) is 9.55 Å². The van der Waals surface area contributed by atoms with E-state index in [-0.39, 0.29) is 5.56 Å². The molecule has 106 valence electrons. The first kappa shape index (κ1) is 13.4. The van der Waals surface area contributed by atoms with E-state index in [2.05, 4.69) is 10.3 Å². The molecule has 0 radical (unpaired) electrons. The Morgan fingerprint density at radius 1 is 1.10 bits per heavy atom. The molecule has 3 rings (SSSR count). The van der Waals surface area contributed by atoms with Crippen molar-refractivity contribution < 1.29 is 0 Å². The summed E-state index contributed by atoms with van der Waals surface area (Å²) in [4.78, 5) is 17.5.